The summed E-state index contributed by atoms with van der Waals surface area (Å²) in [5.74, 6) is -0.379. The van der Waals surface area contributed by atoms with Gasteiger partial charge in [-0.05, 0) is 23.8 Å². The van der Waals surface area contributed by atoms with Crippen molar-refractivity contribution in [2.24, 2.45) is 0 Å². The molecule has 0 atom stereocenters. The van der Waals surface area contributed by atoms with E-state index in [-0.39, 0.29) is 18.0 Å². The summed E-state index contributed by atoms with van der Waals surface area (Å²) in [5, 5.41) is 2.51. The van der Waals surface area contributed by atoms with Gasteiger partial charge in [0.05, 0.1) is 19.2 Å². The van der Waals surface area contributed by atoms with E-state index in [1.54, 1.807) is 24.3 Å². The first-order valence-corrected chi connectivity index (χ1v) is 6.07. The number of carbonyl (C=O) groups excluding carboxylic acids is 1. The molecule has 2 rings (SSSR count). The highest BCUT2D eigenvalue weighted by atomic mass is 19.1. The van der Waals surface area contributed by atoms with E-state index in [0.717, 1.165) is 0 Å². The van der Waals surface area contributed by atoms with Crippen molar-refractivity contribution in [2.75, 3.05) is 18.2 Å². The van der Waals surface area contributed by atoms with E-state index in [1.165, 1.54) is 25.3 Å². The van der Waals surface area contributed by atoms with Crippen LogP contribution in [0.15, 0.2) is 42.5 Å². The Balaban J connectivity index is 2.10. The normalized spacial score (nSPS) is 10.1. The number of nitrogens with two attached hydrogens (primary N) is 1. The summed E-state index contributed by atoms with van der Waals surface area (Å²) in [5.41, 5.74) is 7.09. The number of carbonyl (C=O) groups is 1. The number of rotatable bonds is 4. The fourth-order valence-electron chi connectivity index (χ4n) is 1.79. The zero-order chi connectivity index (χ0) is 14.5. The van der Waals surface area contributed by atoms with E-state index < -0.39 is 5.82 Å². The van der Waals surface area contributed by atoms with Crippen LogP contribution in [0.4, 0.5) is 15.8 Å². The second kappa shape index (κ2) is 6.06. The molecular formula is C15H15FN2O2. The minimum atomic E-state index is -0.514. The predicted molar refractivity (Wildman–Crippen MR) is 76.1 cm³/mol. The van der Waals surface area contributed by atoms with Crippen molar-refractivity contribution < 1.29 is 13.9 Å². The third-order valence-corrected chi connectivity index (χ3v) is 2.85. The summed E-state index contributed by atoms with van der Waals surface area (Å²) in [4.78, 5) is 11.9. The molecule has 4 nitrogen and oxygen atoms in total. The summed E-state index contributed by atoms with van der Waals surface area (Å²) >= 11 is 0. The molecule has 0 spiro atoms. The van der Waals surface area contributed by atoms with E-state index in [2.05, 4.69) is 5.32 Å². The fourth-order valence-corrected chi connectivity index (χ4v) is 1.79. The van der Waals surface area contributed by atoms with Gasteiger partial charge in [0.2, 0.25) is 5.91 Å². The smallest absolute Gasteiger partial charge is 0.228 e. The average molecular weight is 274 g/mol. The number of amides is 1. The van der Waals surface area contributed by atoms with Gasteiger partial charge >= 0.3 is 0 Å². The predicted octanol–water partition coefficient (Wildman–Crippen LogP) is 2.60. The van der Waals surface area contributed by atoms with Gasteiger partial charge in [-0.2, -0.15) is 0 Å². The molecule has 1 amide bonds. The lowest BCUT2D eigenvalue weighted by atomic mass is 10.1. The SMILES string of the molecule is COc1ccc(F)c(NC(=O)Cc2ccccc2N)c1. The molecule has 0 fully saturated rings. The zero-order valence-electron chi connectivity index (χ0n) is 11.0. The van der Waals surface area contributed by atoms with Gasteiger partial charge in [0.25, 0.3) is 0 Å². The van der Waals surface area contributed by atoms with Crippen LogP contribution in [-0.4, -0.2) is 13.0 Å². The van der Waals surface area contributed by atoms with Crippen LogP contribution in [-0.2, 0) is 11.2 Å². The van der Waals surface area contributed by atoms with E-state index in [1.807, 2.05) is 0 Å². The maximum Gasteiger partial charge on any atom is 0.228 e. The number of anilines is 2. The summed E-state index contributed by atoms with van der Waals surface area (Å²) in [6, 6.07) is 11.2. The van der Waals surface area contributed by atoms with Crippen molar-refractivity contribution in [3.63, 3.8) is 0 Å². The molecule has 20 heavy (non-hydrogen) atoms. The number of nitrogens with one attached hydrogen (secondary N) is 1. The summed E-state index contributed by atoms with van der Waals surface area (Å²) in [6.07, 6.45) is 0.0866. The molecule has 3 N–H and O–H groups in total. The number of halogens is 1. The molecule has 2 aromatic rings. The molecule has 0 saturated heterocycles. The van der Waals surface area contributed by atoms with Crippen molar-refractivity contribution >= 4 is 17.3 Å². The Morgan fingerprint density at radius 1 is 1.30 bits per heavy atom. The van der Waals surface area contributed by atoms with Crippen LogP contribution in [0.2, 0.25) is 0 Å². The third kappa shape index (κ3) is 3.26. The fraction of sp³-hybridized carbons (Fsp3) is 0.133. The van der Waals surface area contributed by atoms with Gasteiger partial charge in [0.1, 0.15) is 11.6 Å². The minimum Gasteiger partial charge on any atom is -0.497 e. The van der Waals surface area contributed by atoms with E-state index >= 15 is 0 Å². The molecule has 0 aliphatic rings. The molecule has 0 aliphatic heterocycles. The maximum absolute atomic E-state index is 13.6. The Kier molecular flexibility index (Phi) is 4.20. The molecule has 0 saturated carbocycles. The molecule has 5 heteroatoms. The first kappa shape index (κ1) is 13.9. The Morgan fingerprint density at radius 3 is 2.75 bits per heavy atom. The standard InChI is InChI=1S/C15H15FN2O2/c1-20-11-6-7-12(16)14(9-11)18-15(19)8-10-4-2-3-5-13(10)17/h2-7,9H,8,17H2,1H3,(H,18,19). The molecule has 0 radical (unpaired) electrons. The lowest BCUT2D eigenvalue weighted by Gasteiger charge is -2.09. The third-order valence-electron chi connectivity index (χ3n) is 2.85. The van der Waals surface area contributed by atoms with Gasteiger partial charge in [0.15, 0.2) is 0 Å². The largest absolute Gasteiger partial charge is 0.497 e. The summed E-state index contributed by atoms with van der Waals surface area (Å²) in [7, 11) is 1.48. The molecular weight excluding hydrogens is 259 g/mol. The van der Waals surface area contributed by atoms with Gasteiger partial charge in [-0.1, -0.05) is 18.2 Å². The first-order valence-electron chi connectivity index (χ1n) is 6.07. The molecule has 2 aromatic carbocycles. The molecule has 0 bridgehead atoms. The van der Waals surface area contributed by atoms with Crippen molar-refractivity contribution in [2.45, 2.75) is 6.42 Å². The second-order valence-electron chi connectivity index (χ2n) is 4.27. The van der Waals surface area contributed by atoms with Gasteiger partial charge in [0, 0.05) is 11.8 Å². The van der Waals surface area contributed by atoms with Gasteiger partial charge < -0.3 is 15.8 Å². The Labute approximate surface area is 116 Å². The number of methoxy groups -OCH3 is 1. The number of nitrogen functional groups attached to an aromatic ring is 1. The monoisotopic (exact) mass is 274 g/mol. The zero-order valence-corrected chi connectivity index (χ0v) is 11.0. The lowest BCUT2D eigenvalue weighted by Crippen LogP contribution is -2.16. The number of ether oxygens (including phenoxy) is 1. The van der Waals surface area contributed by atoms with Crippen molar-refractivity contribution in [3.05, 3.63) is 53.8 Å². The number of hydrogen-bond donors (Lipinski definition) is 2. The van der Waals surface area contributed by atoms with Crippen LogP contribution in [0.1, 0.15) is 5.56 Å². The summed E-state index contributed by atoms with van der Waals surface area (Å²) < 4.78 is 18.6. The van der Waals surface area contributed by atoms with Crippen LogP contribution >= 0.6 is 0 Å². The quantitative estimate of drug-likeness (QED) is 0.842. The Morgan fingerprint density at radius 2 is 2.05 bits per heavy atom. The minimum absolute atomic E-state index is 0.0866. The number of hydrogen-bond acceptors (Lipinski definition) is 3. The second-order valence-corrected chi connectivity index (χ2v) is 4.27. The summed E-state index contributed by atoms with van der Waals surface area (Å²) in [6.45, 7) is 0. The van der Waals surface area contributed by atoms with Gasteiger partial charge in [-0.15, -0.1) is 0 Å². The Hall–Kier alpha value is -2.56. The topological polar surface area (TPSA) is 64.3 Å². The highest BCUT2D eigenvalue weighted by Gasteiger charge is 2.10. The maximum atomic E-state index is 13.6. The number of para-hydroxylation sites is 1. The molecule has 0 aromatic heterocycles. The Bertz CT molecular complexity index is 629. The van der Waals surface area contributed by atoms with Crippen molar-refractivity contribution in [1.29, 1.82) is 0 Å². The van der Waals surface area contributed by atoms with Gasteiger partial charge in [-0.3, -0.25) is 4.79 Å². The number of benzene rings is 2. The van der Waals surface area contributed by atoms with Crippen LogP contribution in [0.3, 0.4) is 0 Å². The van der Waals surface area contributed by atoms with Crippen LogP contribution in [0.5, 0.6) is 5.75 Å². The molecule has 104 valence electrons. The highest BCUT2D eigenvalue weighted by molar-refractivity contribution is 5.93. The van der Waals surface area contributed by atoms with E-state index in [4.69, 9.17) is 10.5 Å². The molecule has 0 aliphatic carbocycles. The highest BCUT2D eigenvalue weighted by Crippen LogP contribution is 2.21. The first-order chi connectivity index (χ1) is 9.60. The molecule has 0 unspecified atom stereocenters. The van der Waals surface area contributed by atoms with Gasteiger partial charge in [-0.25, -0.2) is 4.39 Å². The van der Waals surface area contributed by atoms with E-state index in [0.29, 0.717) is 17.0 Å². The van der Waals surface area contributed by atoms with Crippen LogP contribution in [0.25, 0.3) is 0 Å². The lowest BCUT2D eigenvalue weighted by molar-refractivity contribution is -0.115. The van der Waals surface area contributed by atoms with E-state index in [9.17, 15) is 9.18 Å². The average Bonchev–Trinajstić information content (AvgIpc) is 2.44. The molecule has 0 heterocycles. The van der Waals surface area contributed by atoms with Crippen LogP contribution < -0.4 is 15.8 Å². The van der Waals surface area contributed by atoms with Crippen molar-refractivity contribution in [3.8, 4) is 5.75 Å². The van der Waals surface area contributed by atoms with Crippen molar-refractivity contribution in [1.82, 2.24) is 0 Å². The van der Waals surface area contributed by atoms with Crippen LogP contribution in [0, 0.1) is 5.82 Å².